The lowest BCUT2D eigenvalue weighted by Crippen LogP contribution is -2.32. The van der Waals surface area contributed by atoms with Crippen LogP contribution >= 0.6 is 11.6 Å². The molecule has 1 heterocycles. The second-order valence-electron chi connectivity index (χ2n) is 4.91. The first-order valence-electron chi connectivity index (χ1n) is 6.69. The number of hydrogen-bond acceptors (Lipinski definition) is 4. The molecule has 1 aliphatic rings. The van der Waals surface area contributed by atoms with Gasteiger partial charge in [-0.3, -0.25) is 9.59 Å². The summed E-state index contributed by atoms with van der Waals surface area (Å²) in [5.41, 5.74) is 0. The molecule has 0 spiro atoms. The van der Waals surface area contributed by atoms with Crippen LogP contribution in [-0.2, 0) is 14.3 Å². The Labute approximate surface area is 122 Å². The molecule has 0 aromatic carbocycles. The van der Waals surface area contributed by atoms with E-state index in [1.54, 1.807) is 19.1 Å². The van der Waals surface area contributed by atoms with Crippen molar-refractivity contribution in [2.75, 3.05) is 5.32 Å². The summed E-state index contributed by atoms with van der Waals surface area (Å²) in [4.78, 5) is 27.7. The molecule has 1 aromatic heterocycles. The number of halogens is 1. The summed E-state index contributed by atoms with van der Waals surface area (Å²) in [6.45, 7) is 1.55. The van der Waals surface area contributed by atoms with Crippen molar-refractivity contribution >= 4 is 29.3 Å². The third-order valence-corrected chi connectivity index (χ3v) is 3.55. The predicted molar refractivity (Wildman–Crippen MR) is 75.4 cm³/mol. The van der Waals surface area contributed by atoms with Gasteiger partial charge in [0.25, 0.3) is 5.91 Å². The maximum absolute atomic E-state index is 11.9. The van der Waals surface area contributed by atoms with E-state index in [4.69, 9.17) is 16.3 Å². The van der Waals surface area contributed by atoms with Gasteiger partial charge in [-0.05, 0) is 31.9 Å². The average Bonchev–Trinajstić information content (AvgIpc) is 2.95. The first-order chi connectivity index (χ1) is 9.56. The number of nitrogens with zero attached hydrogens (tertiary/aromatic N) is 1. The smallest absolute Gasteiger partial charge is 0.309 e. The van der Waals surface area contributed by atoms with Gasteiger partial charge in [0.2, 0.25) is 0 Å². The quantitative estimate of drug-likeness (QED) is 0.868. The van der Waals surface area contributed by atoms with Crippen LogP contribution in [0.3, 0.4) is 0 Å². The van der Waals surface area contributed by atoms with Crippen molar-refractivity contribution in [1.29, 1.82) is 0 Å². The molecule has 5 nitrogen and oxygen atoms in total. The third-order valence-electron chi connectivity index (χ3n) is 3.33. The van der Waals surface area contributed by atoms with Crippen molar-refractivity contribution < 1.29 is 14.3 Å². The number of nitrogens with one attached hydrogen (secondary N) is 1. The minimum Gasteiger partial charge on any atom is -0.452 e. The molecule has 0 unspecified atom stereocenters. The summed E-state index contributed by atoms with van der Waals surface area (Å²) < 4.78 is 5.19. The standard InChI is InChI=1S/C14H17ClN2O3/c1-9(20-14(19)10-4-2-3-5-10)13(18)17-12-7-6-11(15)8-16-12/h6-10H,2-5H2,1H3,(H,16,17,18)/t9-/m1/s1. The molecule has 1 fully saturated rings. The monoisotopic (exact) mass is 296 g/mol. The van der Waals surface area contributed by atoms with Gasteiger partial charge >= 0.3 is 5.97 Å². The van der Waals surface area contributed by atoms with E-state index in [1.165, 1.54) is 6.20 Å². The number of amides is 1. The zero-order valence-electron chi connectivity index (χ0n) is 11.3. The van der Waals surface area contributed by atoms with Crippen molar-refractivity contribution in [3.63, 3.8) is 0 Å². The highest BCUT2D eigenvalue weighted by Crippen LogP contribution is 2.26. The molecule has 108 valence electrons. The summed E-state index contributed by atoms with van der Waals surface area (Å²) in [5, 5.41) is 3.07. The van der Waals surface area contributed by atoms with E-state index in [-0.39, 0.29) is 11.9 Å². The van der Waals surface area contributed by atoms with E-state index in [2.05, 4.69) is 10.3 Å². The average molecular weight is 297 g/mol. The molecule has 0 saturated heterocycles. The first kappa shape index (κ1) is 14.8. The fraction of sp³-hybridized carbons (Fsp3) is 0.500. The number of hydrogen-bond donors (Lipinski definition) is 1. The Morgan fingerprint density at radius 2 is 2.10 bits per heavy atom. The zero-order chi connectivity index (χ0) is 14.5. The number of carbonyl (C=O) groups is 2. The summed E-state index contributed by atoms with van der Waals surface area (Å²) >= 11 is 5.71. The number of carbonyl (C=O) groups excluding carboxylic acids is 2. The summed E-state index contributed by atoms with van der Waals surface area (Å²) in [5.74, 6) is -0.359. The third kappa shape index (κ3) is 3.93. The van der Waals surface area contributed by atoms with Crippen molar-refractivity contribution in [1.82, 2.24) is 4.98 Å². The SMILES string of the molecule is C[C@@H](OC(=O)C1CCCC1)C(=O)Nc1ccc(Cl)cn1. The van der Waals surface area contributed by atoms with E-state index in [9.17, 15) is 9.59 Å². The Bertz CT molecular complexity index is 484. The topological polar surface area (TPSA) is 68.3 Å². The Kier molecular flexibility index (Phi) is 4.95. The number of anilines is 1. The van der Waals surface area contributed by atoms with Crippen LogP contribution in [0.2, 0.25) is 5.02 Å². The Hall–Kier alpha value is -1.62. The van der Waals surface area contributed by atoms with Gasteiger partial charge in [-0.15, -0.1) is 0 Å². The van der Waals surface area contributed by atoms with Gasteiger partial charge in [-0.25, -0.2) is 4.98 Å². The lowest BCUT2D eigenvalue weighted by Gasteiger charge is -2.15. The fourth-order valence-corrected chi connectivity index (χ4v) is 2.27. The summed E-state index contributed by atoms with van der Waals surface area (Å²) in [6, 6.07) is 3.21. The number of esters is 1. The molecule has 1 aromatic rings. The molecule has 1 saturated carbocycles. The fourth-order valence-electron chi connectivity index (χ4n) is 2.16. The molecule has 0 radical (unpaired) electrons. The molecule has 6 heteroatoms. The van der Waals surface area contributed by atoms with Gasteiger partial charge in [0.1, 0.15) is 5.82 Å². The molecule has 1 atom stereocenters. The van der Waals surface area contributed by atoms with Gasteiger partial charge < -0.3 is 10.1 Å². The highest BCUT2D eigenvalue weighted by molar-refractivity contribution is 6.30. The Morgan fingerprint density at radius 3 is 2.70 bits per heavy atom. The highest BCUT2D eigenvalue weighted by Gasteiger charge is 2.27. The van der Waals surface area contributed by atoms with Crippen LogP contribution in [0.5, 0.6) is 0 Å². The molecule has 1 amide bonds. The molecule has 20 heavy (non-hydrogen) atoms. The second kappa shape index (κ2) is 6.70. The minimum absolute atomic E-state index is 0.0566. The number of aromatic nitrogens is 1. The van der Waals surface area contributed by atoms with Crippen molar-refractivity contribution in [2.45, 2.75) is 38.7 Å². The van der Waals surface area contributed by atoms with E-state index < -0.39 is 12.0 Å². The van der Waals surface area contributed by atoms with Crippen LogP contribution in [0, 0.1) is 5.92 Å². The van der Waals surface area contributed by atoms with Crippen LogP contribution in [0.4, 0.5) is 5.82 Å². The highest BCUT2D eigenvalue weighted by atomic mass is 35.5. The van der Waals surface area contributed by atoms with Gasteiger partial charge in [0.15, 0.2) is 6.10 Å². The predicted octanol–water partition coefficient (Wildman–Crippen LogP) is 2.80. The molecular formula is C14H17ClN2O3. The van der Waals surface area contributed by atoms with Crippen molar-refractivity contribution in [3.8, 4) is 0 Å². The van der Waals surface area contributed by atoms with Crippen LogP contribution in [0.15, 0.2) is 18.3 Å². The maximum atomic E-state index is 11.9. The largest absolute Gasteiger partial charge is 0.452 e. The van der Waals surface area contributed by atoms with E-state index in [0.717, 1.165) is 25.7 Å². The van der Waals surface area contributed by atoms with Gasteiger partial charge in [0, 0.05) is 6.20 Å². The molecule has 0 aliphatic heterocycles. The second-order valence-corrected chi connectivity index (χ2v) is 5.35. The molecule has 1 N–H and O–H groups in total. The van der Waals surface area contributed by atoms with Crippen molar-refractivity contribution in [3.05, 3.63) is 23.4 Å². The lowest BCUT2D eigenvalue weighted by atomic mass is 10.1. The molecule has 0 bridgehead atoms. The maximum Gasteiger partial charge on any atom is 0.309 e. The lowest BCUT2D eigenvalue weighted by molar-refractivity contribution is -0.157. The summed E-state index contributed by atoms with van der Waals surface area (Å²) in [7, 11) is 0. The van der Waals surface area contributed by atoms with E-state index >= 15 is 0 Å². The first-order valence-corrected chi connectivity index (χ1v) is 7.07. The van der Waals surface area contributed by atoms with E-state index in [1.807, 2.05) is 0 Å². The Balaban J connectivity index is 1.85. The van der Waals surface area contributed by atoms with Crippen LogP contribution in [0.25, 0.3) is 0 Å². The van der Waals surface area contributed by atoms with E-state index in [0.29, 0.717) is 10.8 Å². The zero-order valence-corrected chi connectivity index (χ0v) is 12.0. The molecular weight excluding hydrogens is 280 g/mol. The van der Waals surface area contributed by atoms with Crippen molar-refractivity contribution in [2.24, 2.45) is 5.92 Å². The molecule has 1 aliphatic carbocycles. The van der Waals surface area contributed by atoms with Crippen LogP contribution in [0.1, 0.15) is 32.6 Å². The Morgan fingerprint density at radius 1 is 1.40 bits per heavy atom. The summed E-state index contributed by atoms with van der Waals surface area (Å²) in [6.07, 6.45) is 4.41. The normalized spacial score (nSPS) is 16.7. The van der Waals surface area contributed by atoms with Crippen LogP contribution < -0.4 is 5.32 Å². The van der Waals surface area contributed by atoms with Gasteiger partial charge in [0.05, 0.1) is 10.9 Å². The van der Waals surface area contributed by atoms with Crippen LogP contribution in [-0.4, -0.2) is 23.0 Å². The van der Waals surface area contributed by atoms with Gasteiger partial charge in [-0.2, -0.15) is 0 Å². The van der Waals surface area contributed by atoms with Gasteiger partial charge in [-0.1, -0.05) is 24.4 Å². The number of rotatable bonds is 4. The minimum atomic E-state index is -0.833. The number of ether oxygens (including phenoxy) is 1. The molecule has 2 rings (SSSR count). The number of pyridine rings is 1.